The number of hydrogen-bond donors (Lipinski definition) is 2. The molecule has 1 aromatic carbocycles. The van der Waals surface area contributed by atoms with Crippen LogP contribution in [0.1, 0.15) is 17.5 Å². The summed E-state index contributed by atoms with van der Waals surface area (Å²) in [5.41, 5.74) is 0.656. The second kappa shape index (κ2) is 9.79. The molecule has 0 saturated carbocycles. The Labute approximate surface area is 202 Å². The molecule has 1 aliphatic heterocycles. The highest BCUT2D eigenvalue weighted by Gasteiger charge is 2.39. The van der Waals surface area contributed by atoms with Crippen molar-refractivity contribution in [2.45, 2.75) is 30.2 Å². The van der Waals surface area contributed by atoms with Gasteiger partial charge in [0.2, 0.25) is 0 Å². The van der Waals surface area contributed by atoms with Crippen molar-refractivity contribution in [3.8, 4) is 0 Å². The molecule has 1 fully saturated rings. The summed E-state index contributed by atoms with van der Waals surface area (Å²) in [4.78, 5) is 21.0. The molecular weight excluding hydrogens is 507 g/mol. The molecule has 0 spiro atoms. The van der Waals surface area contributed by atoms with Crippen LogP contribution in [0.25, 0.3) is 0 Å². The lowest BCUT2D eigenvalue weighted by atomic mass is 10.2. The van der Waals surface area contributed by atoms with Crippen LogP contribution in [0.4, 0.5) is 29.5 Å². The van der Waals surface area contributed by atoms with Gasteiger partial charge in [0.25, 0.3) is 10.0 Å². The predicted molar refractivity (Wildman–Crippen MR) is 123 cm³/mol. The summed E-state index contributed by atoms with van der Waals surface area (Å²) < 4.78 is 67.3. The summed E-state index contributed by atoms with van der Waals surface area (Å²) in [7, 11) is -4.96. The van der Waals surface area contributed by atoms with E-state index in [-0.39, 0.29) is 16.0 Å². The van der Waals surface area contributed by atoms with Crippen LogP contribution in [-0.4, -0.2) is 53.6 Å². The summed E-state index contributed by atoms with van der Waals surface area (Å²) >= 11 is 0.930. The summed E-state index contributed by atoms with van der Waals surface area (Å²) in [5, 5.41) is 12.3. The van der Waals surface area contributed by atoms with Gasteiger partial charge in [0.05, 0.1) is 23.0 Å². The minimum atomic E-state index is -4.96. The van der Waals surface area contributed by atoms with E-state index in [0.29, 0.717) is 32.1 Å². The van der Waals surface area contributed by atoms with E-state index in [1.54, 1.807) is 0 Å². The first-order chi connectivity index (χ1) is 16.6. The van der Waals surface area contributed by atoms with E-state index in [9.17, 15) is 31.5 Å². The molecule has 1 saturated heterocycles. The number of benzene rings is 1. The maximum Gasteiger partial charge on any atom is 0.427 e. The highest BCUT2D eigenvalue weighted by atomic mass is 32.2. The molecule has 1 atom stereocenters. The number of sulfonamides is 1. The van der Waals surface area contributed by atoms with Gasteiger partial charge >= 0.3 is 12.3 Å². The smallest absolute Gasteiger partial charge is 0.427 e. The zero-order valence-electron chi connectivity index (χ0n) is 18.0. The molecule has 4 rings (SSSR count). The fourth-order valence-electron chi connectivity index (χ4n) is 3.81. The largest absolute Gasteiger partial charge is 0.464 e. The van der Waals surface area contributed by atoms with Crippen molar-refractivity contribution in [1.82, 2.24) is 14.9 Å². The quantitative estimate of drug-likeness (QED) is 0.472. The minimum absolute atomic E-state index is 0.0997. The van der Waals surface area contributed by atoms with Crippen LogP contribution in [0.15, 0.2) is 58.5 Å². The van der Waals surface area contributed by atoms with Crippen molar-refractivity contribution in [2.75, 3.05) is 22.7 Å². The molecule has 1 aliphatic rings. The number of carbonyl (C=O) groups is 1. The number of rotatable bonds is 7. The van der Waals surface area contributed by atoms with Gasteiger partial charge in [-0.25, -0.2) is 14.8 Å². The Morgan fingerprint density at radius 1 is 1.26 bits per heavy atom. The van der Waals surface area contributed by atoms with Crippen molar-refractivity contribution >= 4 is 39.0 Å². The molecule has 3 heterocycles. The van der Waals surface area contributed by atoms with E-state index in [1.165, 1.54) is 5.51 Å². The van der Waals surface area contributed by atoms with Crippen molar-refractivity contribution in [3.63, 3.8) is 0 Å². The lowest BCUT2D eigenvalue weighted by Gasteiger charge is -2.21. The topological polar surface area (TPSA) is 116 Å². The Morgan fingerprint density at radius 2 is 2.00 bits per heavy atom. The number of alkyl halides is 3. The third kappa shape index (κ3) is 5.55. The van der Waals surface area contributed by atoms with Crippen molar-refractivity contribution in [1.29, 1.82) is 0 Å². The molecule has 3 aromatic rings. The Hall–Kier alpha value is -3.23. The van der Waals surface area contributed by atoms with Crippen LogP contribution in [0.2, 0.25) is 0 Å². The first kappa shape index (κ1) is 24.9. The number of pyridine rings is 1. The first-order valence-electron chi connectivity index (χ1n) is 10.3. The summed E-state index contributed by atoms with van der Waals surface area (Å²) in [5.74, 6) is -0.454. The molecule has 0 bridgehead atoms. The van der Waals surface area contributed by atoms with Gasteiger partial charge in [0.15, 0.2) is 10.8 Å². The third-order valence-corrected chi connectivity index (χ3v) is 7.52. The Bertz CT molecular complexity index is 1290. The maximum absolute atomic E-state index is 13.9. The number of hydrogen-bond acceptors (Lipinski definition) is 8. The standard InChI is InChI=1S/C21H20F3N5O4S2/c22-21(23,24)16-8-19(35(32,33)29(20(30)31)18-12-34-13-26-18)25-9-17(16)27-15-6-7-28(11-15)10-14-4-2-1-3-5-14/h1-5,8-9,12-13,15,27H,6-7,10-11H2,(H,30,31). The lowest BCUT2D eigenvalue weighted by Crippen LogP contribution is -2.36. The van der Waals surface area contributed by atoms with Crippen LogP contribution < -0.4 is 9.62 Å². The van der Waals surface area contributed by atoms with Crippen LogP contribution >= 0.6 is 11.3 Å². The van der Waals surface area contributed by atoms with E-state index < -0.39 is 38.7 Å². The molecule has 2 N–H and O–H groups in total. The molecule has 1 unspecified atom stereocenters. The number of anilines is 2. The number of thiazole rings is 1. The van der Waals surface area contributed by atoms with Gasteiger partial charge in [-0.3, -0.25) is 4.90 Å². The van der Waals surface area contributed by atoms with Gasteiger partial charge in [-0.1, -0.05) is 30.3 Å². The summed E-state index contributed by atoms with van der Waals surface area (Å²) in [6.45, 7) is 1.82. The molecule has 9 nitrogen and oxygen atoms in total. The summed E-state index contributed by atoms with van der Waals surface area (Å²) in [6.07, 6.45) is -5.47. The zero-order valence-corrected chi connectivity index (χ0v) is 19.6. The molecule has 2 aromatic heterocycles. The fourth-order valence-corrected chi connectivity index (χ4v) is 5.58. The molecule has 0 aliphatic carbocycles. The van der Waals surface area contributed by atoms with Crippen LogP contribution in [0.5, 0.6) is 0 Å². The summed E-state index contributed by atoms with van der Waals surface area (Å²) in [6, 6.07) is 9.71. The Balaban J connectivity index is 1.58. The molecule has 0 radical (unpaired) electrons. The predicted octanol–water partition coefficient (Wildman–Crippen LogP) is 4.12. The highest BCUT2D eigenvalue weighted by Crippen LogP contribution is 2.37. The van der Waals surface area contributed by atoms with E-state index in [2.05, 4.69) is 20.2 Å². The second-order valence-electron chi connectivity index (χ2n) is 7.82. The molecule has 186 valence electrons. The lowest BCUT2D eigenvalue weighted by molar-refractivity contribution is -0.137. The Kier molecular flexibility index (Phi) is 6.96. The second-order valence-corrected chi connectivity index (χ2v) is 10.3. The number of amides is 1. The average molecular weight is 528 g/mol. The SMILES string of the molecule is O=C(O)N(c1cscn1)S(=O)(=O)c1cc(C(F)(F)F)c(NC2CCN(Cc3ccccc3)C2)cn1. The Morgan fingerprint density at radius 3 is 2.63 bits per heavy atom. The zero-order chi connectivity index (χ0) is 25.2. The van der Waals surface area contributed by atoms with E-state index in [1.807, 2.05) is 30.3 Å². The van der Waals surface area contributed by atoms with Gasteiger partial charge in [-0.15, -0.1) is 15.6 Å². The van der Waals surface area contributed by atoms with Crippen LogP contribution in [0.3, 0.4) is 0 Å². The fraction of sp³-hybridized carbons (Fsp3) is 0.286. The maximum atomic E-state index is 13.9. The molecule has 1 amide bonds. The number of aromatic nitrogens is 2. The van der Waals surface area contributed by atoms with E-state index in [0.717, 1.165) is 28.5 Å². The monoisotopic (exact) mass is 527 g/mol. The van der Waals surface area contributed by atoms with E-state index >= 15 is 0 Å². The van der Waals surface area contributed by atoms with E-state index in [4.69, 9.17) is 0 Å². The average Bonchev–Trinajstić information content (AvgIpc) is 3.46. The minimum Gasteiger partial charge on any atom is -0.464 e. The van der Waals surface area contributed by atoms with Crippen molar-refractivity contribution < 1.29 is 31.5 Å². The van der Waals surface area contributed by atoms with Gasteiger partial charge < -0.3 is 10.4 Å². The van der Waals surface area contributed by atoms with Crippen LogP contribution in [0, 0.1) is 0 Å². The van der Waals surface area contributed by atoms with Crippen LogP contribution in [-0.2, 0) is 22.7 Å². The van der Waals surface area contributed by atoms with Gasteiger partial charge in [0.1, 0.15) is 0 Å². The van der Waals surface area contributed by atoms with Gasteiger partial charge in [-0.2, -0.15) is 21.6 Å². The number of halogens is 3. The van der Waals surface area contributed by atoms with Gasteiger partial charge in [0, 0.05) is 31.1 Å². The molecule has 35 heavy (non-hydrogen) atoms. The number of nitrogens with zero attached hydrogens (tertiary/aromatic N) is 4. The number of carboxylic acid groups (broad SMARTS) is 1. The number of nitrogens with one attached hydrogen (secondary N) is 1. The number of likely N-dealkylation sites (tertiary alicyclic amines) is 1. The highest BCUT2D eigenvalue weighted by molar-refractivity contribution is 7.93. The van der Waals surface area contributed by atoms with Gasteiger partial charge in [-0.05, 0) is 18.1 Å². The molecular formula is C21H20F3N5O4S2. The normalized spacial score (nSPS) is 16.8. The first-order valence-corrected chi connectivity index (χ1v) is 12.7. The molecule has 14 heteroatoms. The third-order valence-electron chi connectivity index (χ3n) is 5.37. The van der Waals surface area contributed by atoms with Crippen molar-refractivity contribution in [3.05, 3.63) is 64.6 Å². The van der Waals surface area contributed by atoms with Crippen molar-refractivity contribution in [2.24, 2.45) is 0 Å².